The van der Waals surface area contributed by atoms with E-state index in [1.807, 2.05) is 6.07 Å². The normalized spacial score (nSPS) is 13.9. The molecule has 1 nitrogen and oxygen atoms in total. The third kappa shape index (κ3) is 4.30. The van der Waals surface area contributed by atoms with Crippen LogP contribution in [0.4, 0.5) is 0 Å². The van der Waals surface area contributed by atoms with Gasteiger partial charge in [-0.3, -0.25) is 0 Å². The molecule has 0 aliphatic carbocycles. The number of nitrogens with one attached hydrogen (secondary N) is 1. The lowest BCUT2D eigenvalue weighted by Crippen LogP contribution is -2.27. The molecule has 1 rings (SSSR count). The van der Waals surface area contributed by atoms with Crippen LogP contribution < -0.4 is 5.32 Å². The Kier molecular flexibility index (Phi) is 5.13. The van der Waals surface area contributed by atoms with Crippen molar-refractivity contribution in [3.8, 4) is 0 Å². The van der Waals surface area contributed by atoms with Gasteiger partial charge >= 0.3 is 0 Å². The maximum absolute atomic E-state index is 3.48. The minimum atomic E-state index is 0.463. The summed E-state index contributed by atoms with van der Waals surface area (Å²) in [6, 6.07) is 10.9. The molecule has 1 aromatic carbocycles. The summed E-state index contributed by atoms with van der Waals surface area (Å²) >= 11 is 0. The first-order valence-electron chi connectivity index (χ1n) is 5.70. The molecule has 0 aliphatic rings. The molecule has 0 amide bonds. The minimum Gasteiger partial charge on any atom is -0.311 e. The second-order valence-electron chi connectivity index (χ2n) is 3.97. The van der Waals surface area contributed by atoms with Crippen molar-refractivity contribution < 1.29 is 0 Å². The predicted octanol–water partition coefficient (Wildman–Crippen LogP) is 3.48. The fraction of sp³-hybridized carbons (Fsp3) is 0.429. The van der Waals surface area contributed by atoms with Gasteiger partial charge in [0.25, 0.3) is 0 Å². The van der Waals surface area contributed by atoms with Crippen LogP contribution in [0.2, 0.25) is 0 Å². The van der Waals surface area contributed by atoms with E-state index in [1.54, 1.807) is 0 Å². The molecule has 1 aromatic rings. The molecule has 1 N–H and O–H groups in total. The van der Waals surface area contributed by atoms with Gasteiger partial charge in [-0.05, 0) is 32.4 Å². The van der Waals surface area contributed by atoms with Crippen molar-refractivity contribution in [2.75, 3.05) is 6.54 Å². The van der Waals surface area contributed by atoms with E-state index >= 15 is 0 Å². The topological polar surface area (TPSA) is 12.0 Å². The second kappa shape index (κ2) is 6.41. The highest BCUT2D eigenvalue weighted by Crippen LogP contribution is 2.09. The minimum absolute atomic E-state index is 0.463. The molecule has 0 radical (unpaired) electrons. The summed E-state index contributed by atoms with van der Waals surface area (Å²) in [4.78, 5) is 0. The van der Waals surface area contributed by atoms with E-state index in [4.69, 9.17) is 0 Å². The van der Waals surface area contributed by atoms with E-state index < -0.39 is 0 Å². The Bertz CT molecular complexity index is 300. The van der Waals surface area contributed by atoms with Gasteiger partial charge in [-0.2, -0.15) is 0 Å². The second-order valence-corrected chi connectivity index (χ2v) is 3.97. The molecule has 0 saturated heterocycles. The molecule has 1 unspecified atom stereocenters. The molecule has 0 saturated carbocycles. The van der Waals surface area contributed by atoms with Crippen molar-refractivity contribution >= 4 is 6.08 Å². The van der Waals surface area contributed by atoms with Gasteiger partial charge in [0.05, 0.1) is 0 Å². The average molecular weight is 203 g/mol. The molecule has 0 aliphatic heterocycles. The van der Waals surface area contributed by atoms with Gasteiger partial charge in [-0.1, -0.05) is 48.9 Å². The van der Waals surface area contributed by atoms with Crippen LogP contribution in [-0.2, 0) is 0 Å². The summed E-state index contributed by atoms with van der Waals surface area (Å²) in [5, 5.41) is 3.48. The lowest BCUT2D eigenvalue weighted by Gasteiger charge is -2.13. The van der Waals surface area contributed by atoms with E-state index in [-0.39, 0.29) is 0 Å². The van der Waals surface area contributed by atoms with Crippen LogP contribution in [0, 0.1) is 0 Å². The van der Waals surface area contributed by atoms with E-state index in [0.29, 0.717) is 6.04 Å². The van der Waals surface area contributed by atoms with E-state index in [1.165, 1.54) is 17.6 Å². The van der Waals surface area contributed by atoms with Crippen LogP contribution in [0.1, 0.15) is 32.8 Å². The Morgan fingerprint density at radius 3 is 2.60 bits per heavy atom. The van der Waals surface area contributed by atoms with Crippen LogP contribution in [0.25, 0.3) is 6.08 Å². The highest BCUT2D eigenvalue weighted by molar-refractivity contribution is 5.53. The highest BCUT2D eigenvalue weighted by atomic mass is 14.9. The molecule has 0 bridgehead atoms. The maximum Gasteiger partial charge on any atom is 0.0251 e. The lowest BCUT2D eigenvalue weighted by molar-refractivity contribution is 0.604. The standard InChI is InChI=1S/C14H21N/c1-4-10-15-13(3)12(2)11-14-8-6-5-7-9-14/h5-9,11,13,15H,4,10H2,1-3H3/b12-11+. The molecular weight excluding hydrogens is 182 g/mol. The van der Waals surface area contributed by atoms with Gasteiger partial charge in [0.15, 0.2) is 0 Å². The summed E-state index contributed by atoms with van der Waals surface area (Å²) in [7, 11) is 0. The smallest absolute Gasteiger partial charge is 0.0251 e. The van der Waals surface area contributed by atoms with Crippen molar-refractivity contribution in [3.63, 3.8) is 0 Å². The van der Waals surface area contributed by atoms with Crippen LogP contribution in [-0.4, -0.2) is 12.6 Å². The van der Waals surface area contributed by atoms with E-state index in [9.17, 15) is 0 Å². The molecule has 0 fully saturated rings. The zero-order valence-corrected chi connectivity index (χ0v) is 9.96. The number of rotatable bonds is 5. The van der Waals surface area contributed by atoms with Crippen LogP contribution in [0.5, 0.6) is 0 Å². The van der Waals surface area contributed by atoms with E-state index in [2.05, 4.69) is 56.4 Å². The molecule has 82 valence electrons. The quantitative estimate of drug-likeness (QED) is 0.772. The third-order valence-electron chi connectivity index (χ3n) is 2.58. The lowest BCUT2D eigenvalue weighted by atomic mass is 10.1. The van der Waals surface area contributed by atoms with Crippen molar-refractivity contribution in [2.24, 2.45) is 0 Å². The summed E-state index contributed by atoms with van der Waals surface area (Å²) in [6.45, 7) is 7.67. The molecule has 0 heterocycles. The van der Waals surface area contributed by atoms with Crippen molar-refractivity contribution in [1.82, 2.24) is 5.32 Å². The average Bonchev–Trinajstić information content (AvgIpc) is 2.27. The van der Waals surface area contributed by atoms with Gasteiger partial charge in [0.2, 0.25) is 0 Å². The number of hydrogen-bond donors (Lipinski definition) is 1. The monoisotopic (exact) mass is 203 g/mol. The first kappa shape index (κ1) is 12.0. The van der Waals surface area contributed by atoms with Crippen LogP contribution in [0.3, 0.4) is 0 Å². The Balaban J connectivity index is 2.59. The van der Waals surface area contributed by atoms with Crippen LogP contribution >= 0.6 is 0 Å². The number of hydrogen-bond acceptors (Lipinski definition) is 1. The fourth-order valence-electron chi connectivity index (χ4n) is 1.46. The molecule has 15 heavy (non-hydrogen) atoms. The Labute approximate surface area is 93.2 Å². The molecule has 1 atom stereocenters. The van der Waals surface area contributed by atoms with Gasteiger partial charge in [0, 0.05) is 6.04 Å². The van der Waals surface area contributed by atoms with Crippen molar-refractivity contribution in [1.29, 1.82) is 0 Å². The Hall–Kier alpha value is -1.08. The Morgan fingerprint density at radius 1 is 1.33 bits per heavy atom. The molecule has 1 heteroatoms. The van der Waals surface area contributed by atoms with Gasteiger partial charge in [0.1, 0.15) is 0 Å². The Morgan fingerprint density at radius 2 is 2.00 bits per heavy atom. The third-order valence-corrected chi connectivity index (χ3v) is 2.58. The molecular formula is C14H21N. The van der Waals surface area contributed by atoms with E-state index in [0.717, 1.165) is 6.54 Å². The maximum atomic E-state index is 3.48. The first-order valence-corrected chi connectivity index (χ1v) is 5.70. The largest absolute Gasteiger partial charge is 0.311 e. The van der Waals surface area contributed by atoms with Gasteiger partial charge in [-0.15, -0.1) is 0 Å². The fourth-order valence-corrected chi connectivity index (χ4v) is 1.46. The zero-order chi connectivity index (χ0) is 11.1. The molecule has 0 aromatic heterocycles. The summed E-state index contributed by atoms with van der Waals surface area (Å²) in [5.74, 6) is 0. The highest BCUT2D eigenvalue weighted by Gasteiger charge is 2.01. The van der Waals surface area contributed by atoms with Crippen LogP contribution in [0.15, 0.2) is 35.9 Å². The predicted molar refractivity (Wildman–Crippen MR) is 67.8 cm³/mol. The zero-order valence-electron chi connectivity index (χ0n) is 9.96. The summed E-state index contributed by atoms with van der Waals surface area (Å²) in [5.41, 5.74) is 2.66. The summed E-state index contributed by atoms with van der Waals surface area (Å²) < 4.78 is 0. The SMILES string of the molecule is CCCNC(C)/C(C)=C/c1ccccc1. The van der Waals surface area contributed by atoms with Gasteiger partial charge in [-0.25, -0.2) is 0 Å². The first-order chi connectivity index (χ1) is 7.24. The number of benzene rings is 1. The summed E-state index contributed by atoms with van der Waals surface area (Å²) in [6.07, 6.45) is 3.43. The van der Waals surface area contributed by atoms with Gasteiger partial charge < -0.3 is 5.32 Å². The van der Waals surface area contributed by atoms with Crippen molar-refractivity contribution in [3.05, 3.63) is 41.5 Å². The van der Waals surface area contributed by atoms with Crippen molar-refractivity contribution in [2.45, 2.75) is 33.2 Å². The molecule has 0 spiro atoms.